The second kappa shape index (κ2) is 7.73. The third kappa shape index (κ3) is 3.65. The zero-order chi connectivity index (χ0) is 21.5. The van der Waals surface area contributed by atoms with Gasteiger partial charge in [0.05, 0.1) is 10.4 Å². The first-order valence-electron chi connectivity index (χ1n) is 9.74. The van der Waals surface area contributed by atoms with Crippen molar-refractivity contribution in [3.05, 3.63) is 40.6 Å². The number of anilines is 2. The smallest absolute Gasteiger partial charge is 0.408 e. The topological polar surface area (TPSA) is 114 Å². The van der Waals surface area contributed by atoms with E-state index in [4.69, 9.17) is 4.42 Å². The van der Waals surface area contributed by atoms with Gasteiger partial charge in [0.25, 0.3) is 0 Å². The number of nitrogens with zero attached hydrogens (tertiary/aromatic N) is 5. The number of fused-ring (bicyclic) bond motifs is 1. The van der Waals surface area contributed by atoms with Crippen LogP contribution in [0.3, 0.4) is 0 Å². The molecule has 0 unspecified atom stereocenters. The highest BCUT2D eigenvalue weighted by atomic mass is 32.2. The van der Waals surface area contributed by atoms with E-state index in [0.717, 1.165) is 18.2 Å². The molecule has 160 valence electrons. The number of nitrogens with one attached hydrogen (secondary N) is 1. The summed E-state index contributed by atoms with van der Waals surface area (Å²) in [4.78, 5) is 22.7. The molecule has 2 aromatic heterocycles. The normalized spacial score (nSPS) is 15.6. The summed E-state index contributed by atoms with van der Waals surface area (Å²) in [6, 6.07) is 6.36. The highest BCUT2D eigenvalue weighted by molar-refractivity contribution is 7.89. The Morgan fingerprint density at radius 1 is 1.13 bits per heavy atom. The molecule has 3 aromatic rings. The number of oxazole rings is 1. The van der Waals surface area contributed by atoms with Crippen molar-refractivity contribution in [3.63, 3.8) is 0 Å². The van der Waals surface area contributed by atoms with Gasteiger partial charge in [0.2, 0.25) is 10.0 Å². The van der Waals surface area contributed by atoms with Gasteiger partial charge in [-0.25, -0.2) is 23.2 Å². The first-order valence-corrected chi connectivity index (χ1v) is 11.2. The van der Waals surface area contributed by atoms with Crippen LogP contribution in [-0.2, 0) is 17.1 Å². The van der Waals surface area contributed by atoms with Crippen LogP contribution < -0.4 is 16.0 Å². The molecule has 1 aromatic carbocycles. The van der Waals surface area contributed by atoms with Crippen molar-refractivity contribution in [2.24, 2.45) is 7.05 Å². The standard InChI is InChI=1S/C19H24N6O4S/c1-4-20-17-12-18(22-13(2)21-17)24-7-9-25(10-8-24)30(27,28)14-5-6-16-15(11-14)23(3)19(26)29-16/h5-6,11-12H,4,7-10H2,1-3H3,(H,20,21,22). The summed E-state index contributed by atoms with van der Waals surface area (Å²) in [6.07, 6.45) is 0. The van der Waals surface area contributed by atoms with Crippen LogP contribution in [0.25, 0.3) is 11.1 Å². The molecule has 0 amide bonds. The lowest BCUT2D eigenvalue weighted by Gasteiger charge is -2.34. The number of aromatic nitrogens is 3. The predicted octanol–water partition coefficient (Wildman–Crippen LogP) is 1.17. The Hall–Kier alpha value is -2.92. The first-order chi connectivity index (χ1) is 14.3. The minimum Gasteiger partial charge on any atom is -0.408 e. The fourth-order valence-electron chi connectivity index (χ4n) is 3.56. The van der Waals surface area contributed by atoms with Crippen LogP contribution >= 0.6 is 0 Å². The van der Waals surface area contributed by atoms with E-state index in [1.165, 1.54) is 27.1 Å². The maximum atomic E-state index is 13.1. The van der Waals surface area contributed by atoms with Crippen LogP contribution in [0.2, 0.25) is 0 Å². The Morgan fingerprint density at radius 3 is 2.57 bits per heavy atom. The molecule has 1 aliphatic heterocycles. The SMILES string of the molecule is CCNc1cc(N2CCN(S(=O)(=O)c3ccc4oc(=O)n(C)c4c3)CC2)nc(C)n1. The van der Waals surface area contributed by atoms with Gasteiger partial charge < -0.3 is 14.6 Å². The van der Waals surface area contributed by atoms with E-state index in [0.29, 0.717) is 43.1 Å². The van der Waals surface area contributed by atoms with Gasteiger partial charge in [0.1, 0.15) is 17.5 Å². The van der Waals surface area contributed by atoms with E-state index in [-0.39, 0.29) is 4.90 Å². The molecule has 4 rings (SSSR count). The lowest BCUT2D eigenvalue weighted by molar-refractivity contribution is 0.383. The van der Waals surface area contributed by atoms with Crippen LogP contribution in [0, 0.1) is 6.92 Å². The van der Waals surface area contributed by atoms with Crippen molar-refractivity contribution >= 4 is 32.8 Å². The minimum atomic E-state index is -3.69. The average Bonchev–Trinajstić information content (AvgIpc) is 3.01. The Morgan fingerprint density at radius 2 is 1.87 bits per heavy atom. The maximum Gasteiger partial charge on any atom is 0.419 e. The van der Waals surface area contributed by atoms with E-state index in [9.17, 15) is 13.2 Å². The number of hydrogen-bond donors (Lipinski definition) is 1. The third-order valence-electron chi connectivity index (χ3n) is 5.15. The average molecular weight is 433 g/mol. The molecule has 1 aliphatic rings. The van der Waals surface area contributed by atoms with Crippen molar-refractivity contribution < 1.29 is 12.8 Å². The van der Waals surface area contributed by atoms with Gasteiger partial charge in [-0.05, 0) is 32.0 Å². The van der Waals surface area contributed by atoms with Crippen molar-refractivity contribution in [2.45, 2.75) is 18.7 Å². The van der Waals surface area contributed by atoms with Gasteiger partial charge >= 0.3 is 5.76 Å². The van der Waals surface area contributed by atoms with Gasteiger partial charge in [0, 0.05) is 45.8 Å². The lowest BCUT2D eigenvalue weighted by Crippen LogP contribution is -2.49. The summed E-state index contributed by atoms with van der Waals surface area (Å²) < 4.78 is 34.1. The van der Waals surface area contributed by atoms with E-state index >= 15 is 0 Å². The molecule has 1 N–H and O–H groups in total. The summed E-state index contributed by atoms with van der Waals surface area (Å²) in [5.41, 5.74) is 0.814. The van der Waals surface area contributed by atoms with E-state index in [2.05, 4.69) is 20.2 Å². The second-order valence-electron chi connectivity index (χ2n) is 7.14. The number of hydrogen-bond acceptors (Lipinski definition) is 8. The Kier molecular flexibility index (Phi) is 5.24. The summed E-state index contributed by atoms with van der Waals surface area (Å²) in [6.45, 7) is 6.31. The summed E-state index contributed by atoms with van der Waals surface area (Å²) in [5, 5.41) is 3.19. The molecule has 0 aliphatic carbocycles. The second-order valence-corrected chi connectivity index (χ2v) is 9.07. The van der Waals surface area contributed by atoms with Crippen LogP contribution in [0.1, 0.15) is 12.7 Å². The summed E-state index contributed by atoms with van der Waals surface area (Å²) in [5.74, 6) is 1.68. The minimum absolute atomic E-state index is 0.146. The van der Waals surface area contributed by atoms with Crippen LogP contribution in [-0.4, -0.2) is 60.0 Å². The molecule has 1 fully saturated rings. The molecular formula is C19H24N6O4S. The van der Waals surface area contributed by atoms with Crippen molar-refractivity contribution in [2.75, 3.05) is 42.9 Å². The monoisotopic (exact) mass is 432 g/mol. The molecule has 0 bridgehead atoms. The van der Waals surface area contributed by atoms with E-state index < -0.39 is 15.8 Å². The Bertz CT molecular complexity index is 1240. The van der Waals surface area contributed by atoms with Gasteiger partial charge in [-0.1, -0.05) is 0 Å². The number of benzene rings is 1. The van der Waals surface area contributed by atoms with Crippen LogP contribution in [0.4, 0.5) is 11.6 Å². The first kappa shape index (κ1) is 20.4. The molecular weight excluding hydrogens is 408 g/mol. The number of rotatable bonds is 5. The molecule has 0 atom stereocenters. The highest BCUT2D eigenvalue weighted by Crippen LogP contribution is 2.24. The van der Waals surface area contributed by atoms with Crippen molar-refractivity contribution in [1.29, 1.82) is 0 Å². The van der Waals surface area contributed by atoms with Crippen LogP contribution in [0.5, 0.6) is 0 Å². The molecule has 1 saturated heterocycles. The van der Waals surface area contributed by atoms with E-state index in [1.54, 1.807) is 7.05 Å². The van der Waals surface area contributed by atoms with Gasteiger partial charge in [-0.3, -0.25) is 4.57 Å². The molecule has 10 nitrogen and oxygen atoms in total. The van der Waals surface area contributed by atoms with E-state index in [1.807, 2.05) is 19.9 Å². The quantitative estimate of drug-likeness (QED) is 0.639. The molecule has 0 spiro atoms. The zero-order valence-electron chi connectivity index (χ0n) is 17.1. The fraction of sp³-hybridized carbons (Fsp3) is 0.421. The van der Waals surface area contributed by atoms with Gasteiger partial charge in [-0.2, -0.15) is 4.31 Å². The molecule has 0 radical (unpaired) electrons. The summed E-state index contributed by atoms with van der Waals surface area (Å²) in [7, 11) is -2.14. The highest BCUT2D eigenvalue weighted by Gasteiger charge is 2.29. The van der Waals surface area contributed by atoms with Crippen molar-refractivity contribution in [3.8, 4) is 0 Å². The number of aryl methyl sites for hydroxylation is 2. The maximum absolute atomic E-state index is 13.1. The van der Waals surface area contributed by atoms with Crippen LogP contribution in [0.15, 0.2) is 38.4 Å². The van der Waals surface area contributed by atoms with Gasteiger partial charge in [0.15, 0.2) is 5.58 Å². The van der Waals surface area contributed by atoms with Gasteiger partial charge in [-0.15, -0.1) is 0 Å². The lowest BCUT2D eigenvalue weighted by atomic mass is 10.3. The third-order valence-corrected chi connectivity index (χ3v) is 7.04. The molecule has 0 saturated carbocycles. The molecule has 3 heterocycles. The fourth-order valence-corrected chi connectivity index (χ4v) is 5.00. The zero-order valence-corrected chi connectivity index (χ0v) is 17.9. The molecule has 30 heavy (non-hydrogen) atoms. The summed E-state index contributed by atoms with van der Waals surface area (Å²) >= 11 is 0. The Balaban J connectivity index is 1.53. The van der Waals surface area contributed by atoms with Crippen molar-refractivity contribution in [1.82, 2.24) is 18.8 Å². The number of sulfonamides is 1. The largest absolute Gasteiger partial charge is 0.419 e. The molecule has 11 heteroatoms. The predicted molar refractivity (Wildman–Crippen MR) is 113 cm³/mol. The Labute approximate surface area is 174 Å². The number of piperazine rings is 1.